The maximum atomic E-state index is 12.2. The maximum Gasteiger partial charge on any atom is 0.329 e. The predicted octanol–water partition coefficient (Wildman–Crippen LogP) is 0.869. The topological polar surface area (TPSA) is 126 Å². The van der Waals surface area contributed by atoms with Crippen molar-refractivity contribution in [3.63, 3.8) is 0 Å². The molecule has 0 aliphatic rings. The van der Waals surface area contributed by atoms with Gasteiger partial charge in [-0.05, 0) is 27.3 Å². The minimum absolute atomic E-state index is 0.0163. The Morgan fingerprint density at radius 3 is 2.45 bits per heavy atom. The van der Waals surface area contributed by atoms with Crippen LogP contribution in [0.5, 0.6) is 0 Å². The summed E-state index contributed by atoms with van der Waals surface area (Å²) >= 11 is 0. The number of nitrogens with one attached hydrogen (secondary N) is 2. The van der Waals surface area contributed by atoms with Crippen molar-refractivity contribution in [2.45, 2.75) is 44.2 Å². The Labute approximate surface area is 128 Å². The third-order valence-corrected chi connectivity index (χ3v) is 4.55. The number of carboxylic acids is 1. The summed E-state index contributed by atoms with van der Waals surface area (Å²) < 4.78 is 30.5. The maximum absolute atomic E-state index is 12.2. The fraction of sp³-hybridized carbons (Fsp3) is 0.538. The molecule has 1 aromatic rings. The molecule has 1 atom stereocenters. The molecule has 0 radical (unpaired) electrons. The van der Waals surface area contributed by atoms with Gasteiger partial charge in [0, 0.05) is 6.07 Å². The fourth-order valence-corrected chi connectivity index (χ4v) is 2.66. The summed E-state index contributed by atoms with van der Waals surface area (Å²) in [5, 5.41) is 11.3. The Balaban J connectivity index is 3.12. The second-order valence-corrected chi connectivity index (χ2v) is 6.90. The van der Waals surface area contributed by atoms with Crippen molar-refractivity contribution in [1.82, 2.24) is 10.0 Å². The molecule has 0 bridgehead atoms. The molecule has 0 aliphatic carbocycles. The number of hydrogen-bond donors (Lipinski definition) is 3. The lowest BCUT2D eigenvalue weighted by Crippen LogP contribution is -2.52. The van der Waals surface area contributed by atoms with E-state index in [1.54, 1.807) is 6.92 Å². The average Bonchev–Trinajstić information content (AvgIpc) is 2.81. The van der Waals surface area contributed by atoms with Crippen molar-refractivity contribution in [1.29, 1.82) is 0 Å². The molecule has 8 nitrogen and oxygen atoms in total. The van der Waals surface area contributed by atoms with Gasteiger partial charge in [-0.15, -0.1) is 0 Å². The average molecular weight is 332 g/mol. The summed E-state index contributed by atoms with van der Waals surface area (Å²) in [7, 11) is -2.60. The van der Waals surface area contributed by atoms with Crippen LogP contribution in [0.2, 0.25) is 0 Å². The Kier molecular flexibility index (Phi) is 5.36. The van der Waals surface area contributed by atoms with Gasteiger partial charge in [0.25, 0.3) is 15.9 Å². The SMILES string of the molecule is CCCC(C)(NC(=O)c1cc(S(=O)(=O)NC)oc1C)C(=O)O. The van der Waals surface area contributed by atoms with Gasteiger partial charge in [0.1, 0.15) is 11.3 Å². The lowest BCUT2D eigenvalue weighted by Gasteiger charge is -2.25. The van der Waals surface area contributed by atoms with Crippen LogP contribution in [0, 0.1) is 6.92 Å². The van der Waals surface area contributed by atoms with Crippen LogP contribution < -0.4 is 10.0 Å². The minimum Gasteiger partial charge on any atom is -0.480 e. The zero-order valence-electron chi connectivity index (χ0n) is 12.9. The van der Waals surface area contributed by atoms with Gasteiger partial charge in [-0.3, -0.25) is 4.79 Å². The Morgan fingerprint density at radius 2 is 2.00 bits per heavy atom. The molecule has 0 spiro atoms. The van der Waals surface area contributed by atoms with Crippen LogP contribution >= 0.6 is 0 Å². The molecule has 0 aromatic carbocycles. The molecule has 1 unspecified atom stereocenters. The number of carbonyl (C=O) groups is 2. The molecule has 1 heterocycles. The number of furan rings is 1. The van der Waals surface area contributed by atoms with E-state index >= 15 is 0 Å². The van der Waals surface area contributed by atoms with Crippen LogP contribution in [-0.4, -0.2) is 38.0 Å². The summed E-state index contributed by atoms with van der Waals surface area (Å²) in [6.45, 7) is 4.63. The van der Waals surface area contributed by atoms with Crippen molar-refractivity contribution >= 4 is 21.9 Å². The summed E-state index contributed by atoms with van der Waals surface area (Å²) in [5.74, 6) is -1.76. The van der Waals surface area contributed by atoms with Crippen LogP contribution in [0.4, 0.5) is 0 Å². The summed E-state index contributed by atoms with van der Waals surface area (Å²) in [6.07, 6.45) is 0.805. The molecule has 1 aromatic heterocycles. The zero-order valence-corrected chi connectivity index (χ0v) is 13.7. The Bertz CT molecular complexity index is 679. The first-order valence-electron chi connectivity index (χ1n) is 6.67. The first-order chi connectivity index (χ1) is 10.1. The van der Waals surface area contributed by atoms with E-state index in [0.717, 1.165) is 6.07 Å². The van der Waals surface area contributed by atoms with Gasteiger partial charge < -0.3 is 14.8 Å². The molecule has 0 saturated heterocycles. The van der Waals surface area contributed by atoms with Gasteiger partial charge in [-0.25, -0.2) is 17.9 Å². The zero-order chi connectivity index (χ0) is 17.1. The molecular formula is C13H20N2O6S. The van der Waals surface area contributed by atoms with Gasteiger partial charge in [0.2, 0.25) is 5.09 Å². The Morgan fingerprint density at radius 1 is 1.41 bits per heavy atom. The second kappa shape index (κ2) is 6.49. The lowest BCUT2D eigenvalue weighted by atomic mass is 9.96. The molecule has 0 aliphatic heterocycles. The van der Waals surface area contributed by atoms with Gasteiger partial charge in [-0.2, -0.15) is 0 Å². The number of carbonyl (C=O) groups excluding carboxylic acids is 1. The molecule has 9 heteroatoms. The van der Waals surface area contributed by atoms with Crippen LogP contribution in [0.3, 0.4) is 0 Å². The van der Waals surface area contributed by atoms with Crippen molar-refractivity contribution in [3.8, 4) is 0 Å². The van der Waals surface area contributed by atoms with E-state index < -0.39 is 32.5 Å². The number of carboxylic acid groups (broad SMARTS) is 1. The van der Waals surface area contributed by atoms with Crippen molar-refractivity contribution in [3.05, 3.63) is 17.4 Å². The third-order valence-electron chi connectivity index (χ3n) is 3.28. The van der Waals surface area contributed by atoms with E-state index in [4.69, 9.17) is 4.42 Å². The first kappa shape index (κ1) is 18.2. The smallest absolute Gasteiger partial charge is 0.329 e. The van der Waals surface area contributed by atoms with E-state index in [9.17, 15) is 23.1 Å². The van der Waals surface area contributed by atoms with Crippen molar-refractivity contribution in [2.24, 2.45) is 0 Å². The molecule has 1 rings (SSSR count). The second-order valence-electron chi connectivity index (χ2n) is 5.08. The van der Waals surface area contributed by atoms with Gasteiger partial charge in [-0.1, -0.05) is 13.3 Å². The summed E-state index contributed by atoms with van der Waals surface area (Å²) in [5.41, 5.74) is -1.45. The highest BCUT2D eigenvalue weighted by molar-refractivity contribution is 7.89. The summed E-state index contributed by atoms with van der Waals surface area (Å²) in [6, 6.07) is 1.07. The molecule has 3 N–H and O–H groups in total. The monoisotopic (exact) mass is 332 g/mol. The molecule has 124 valence electrons. The normalized spacial score (nSPS) is 14.4. The third kappa shape index (κ3) is 3.66. The number of sulfonamides is 1. The molecule has 22 heavy (non-hydrogen) atoms. The van der Waals surface area contributed by atoms with Gasteiger partial charge >= 0.3 is 5.97 Å². The van der Waals surface area contributed by atoms with Crippen molar-refractivity contribution < 1.29 is 27.5 Å². The van der Waals surface area contributed by atoms with E-state index in [1.165, 1.54) is 20.9 Å². The van der Waals surface area contributed by atoms with Gasteiger partial charge in [0.05, 0.1) is 5.56 Å². The van der Waals surface area contributed by atoms with E-state index in [1.807, 2.05) is 0 Å². The molecule has 0 saturated carbocycles. The highest BCUT2D eigenvalue weighted by Crippen LogP contribution is 2.21. The molecular weight excluding hydrogens is 312 g/mol. The van der Waals surface area contributed by atoms with Crippen LogP contribution in [0.25, 0.3) is 0 Å². The quantitative estimate of drug-likeness (QED) is 0.680. The van der Waals surface area contributed by atoms with Crippen LogP contribution in [0.1, 0.15) is 42.8 Å². The minimum atomic E-state index is -3.82. The first-order valence-corrected chi connectivity index (χ1v) is 8.15. The highest BCUT2D eigenvalue weighted by Gasteiger charge is 2.35. The fourth-order valence-electron chi connectivity index (χ4n) is 1.95. The predicted molar refractivity (Wildman–Crippen MR) is 78.1 cm³/mol. The largest absolute Gasteiger partial charge is 0.480 e. The number of rotatable bonds is 7. The molecule has 0 fully saturated rings. The van der Waals surface area contributed by atoms with Crippen molar-refractivity contribution in [2.75, 3.05) is 7.05 Å². The highest BCUT2D eigenvalue weighted by atomic mass is 32.2. The van der Waals surface area contributed by atoms with Crippen LogP contribution in [0.15, 0.2) is 15.6 Å². The van der Waals surface area contributed by atoms with E-state index in [0.29, 0.717) is 6.42 Å². The number of aliphatic carboxylic acids is 1. The van der Waals surface area contributed by atoms with Gasteiger partial charge in [0.15, 0.2) is 0 Å². The standard InChI is InChI=1S/C13H20N2O6S/c1-5-6-13(3,12(17)18)15-11(16)9-7-10(21-8(9)2)22(19,20)14-4/h7,14H,5-6H2,1-4H3,(H,15,16)(H,17,18). The summed E-state index contributed by atoms with van der Waals surface area (Å²) in [4.78, 5) is 23.6. The number of amides is 1. The van der Waals surface area contributed by atoms with E-state index in [-0.39, 0.29) is 17.7 Å². The van der Waals surface area contributed by atoms with E-state index in [2.05, 4.69) is 10.0 Å². The number of hydrogen-bond acceptors (Lipinski definition) is 5. The Hall–Kier alpha value is -1.87. The molecule has 1 amide bonds. The van der Waals surface area contributed by atoms with Crippen LogP contribution in [-0.2, 0) is 14.8 Å². The lowest BCUT2D eigenvalue weighted by molar-refractivity contribution is -0.144. The number of aryl methyl sites for hydroxylation is 1.